The second-order valence-electron chi connectivity index (χ2n) is 6.50. The zero-order chi connectivity index (χ0) is 17.8. The minimum atomic E-state index is -0.511. The molecule has 2 aliphatic rings. The summed E-state index contributed by atoms with van der Waals surface area (Å²) in [7, 11) is 0. The van der Waals surface area contributed by atoms with Crippen LogP contribution in [0.5, 0.6) is 0 Å². The number of nitrogens with zero attached hydrogens (tertiary/aromatic N) is 2. The number of hydrogen-bond donors (Lipinski definition) is 2. The Morgan fingerprint density at radius 3 is 2.68 bits per heavy atom. The number of morpholine rings is 1. The average molecular weight is 349 g/mol. The molecule has 1 saturated heterocycles. The van der Waals surface area contributed by atoms with E-state index in [1.807, 2.05) is 0 Å². The highest BCUT2D eigenvalue weighted by Crippen LogP contribution is 2.30. The maximum atomic E-state index is 12.5. The third-order valence-corrected chi connectivity index (χ3v) is 4.81. The van der Waals surface area contributed by atoms with Gasteiger partial charge in [0, 0.05) is 24.7 Å². The van der Waals surface area contributed by atoms with E-state index in [-0.39, 0.29) is 17.6 Å². The SMILES string of the molecule is O=C(c1ccc(N[C@H]2CCCC[C@@H]2O)c([N+](=O)[O-])c1)N1CCOCC1. The summed E-state index contributed by atoms with van der Waals surface area (Å²) in [5.41, 5.74) is 0.495. The first kappa shape index (κ1) is 17.6. The van der Waals surface area contributed by atoms with E-state index in [9.17, 15) is 20.0 Å². The number of carbonyl (C=O) groups excluding carboxylic acids is 1. The van der Waals surface area contributed by atoms with Crippen LogP contribution in [0.1, 0.15) is 36.0 Å². The Balaban J connectivity index is 1.80. The van der Waals surface area contributed by atoms with Crippen molar-refractivity contribution >= 4 is 17.3 Å². The summed E-state index contributed by atoms with van der Waals surface area (Å²) in [5.74, 6) is -0.226. The van der Waals surface area contributed by atoms with Crippen molar-refractivity contribution in [3.05, 3.63) is 33.9 Å². The van der Waals surface area contributed by atoms with Gasteiger partial charge in [-0.3, -0.25) is 14.9 Å². The number of aliphatic hydroxyl groups is 1. The molecule has 0 unspecified atom stereocenters. The molecule has 1 heterocycles. The van der Waals surface area contributed by atoms with E-state index >= 15 is 0 Å². The number of nitro groups is 1. The van der Waals surface area contributed by atoms with Crippen LogP contribution in [-0.2, 0) is 4.74 Å². The van der Waals surface area contributed by atoms with E-state index in [0.717, 1.165) is 19.3 Å². The van der Waals surface area contributed by atoms with Gasteiger partial charge in [0.2, 0.25) is 0 Å². The Hall–Kier alpha value is -2.19. The van der Waals surface area contributed by atoms with Gasteiger partial charge in [-0.05, 0) is 25.0 Å². The van der Waals surface area contributed by atoms with Crippen molar-refractivity contribution in [2.75, 3.05) is 31.6 Å². The molecule has 2 N–H and O–H groups in total. The molecule has 1 aromatic rings. The Morgan fingerprint density at radius 2 is 2.00 bits per heavy atom. The summed E-state index contributed by atoms with van der Waals surface area (Å²) in [6.07, 6.45) is 2.90. The van der Waals surface area contributed by atoms with Gasteiger partial charge in [-0.2, -0.15) is 0 Å². The minimum Gasteiger partial charge on any atom is -0.391 e. The van der Waals surface area contributed by atoms with E-state index in [4.69, 9.17) is 4.74 Å². The molecule has 25 heavy (non-hydrogen) atoms. The predicted molar refractivity (Wildman–Crippen MR) is 91.7 cm³/mol. The van der Waals surface area contributed by atoms with E-state index < -0.39 is 11.0 Å². The third-order valence-electron chi connectivity index (χ3n) is 4.81. The summed E-state index contributed by atoms with van der Waals surface area (Å²) in [6.45, 7) is 1.93. The van der Waals surface area contributed by atoms with Crippen molar-refractivity contribution in [3.8, 4) is 0 Å². The highest BCUT2D eigenvalue weighted by atomic mass is 16.6. The Bertz CT molecular complexity index is 645. The van der Waals surface area contributed by atoms with Gasteiger partial charge in [-0.1, -0.05) is 12.8 Å². The van der Waals surface area contributed by atoms with Crippen LogP contribution in [0.2, 0.25) is 0 Å². The van der Waals surface area contributed by atoms with Crippen molar-refractivity contribution in [3.63, 3.8) is 0 Å². The lowest BCUT2D eigenvalue weighted by molar-refractivity contribution is -0.384. The van der Waals surface area contributed by atoms with Crippen LogP contribution >= 0.6 is 0 Å². The monoisotopic (exact) mass is 349 g/mol. The van der Waals surface area contributed by atoms with Crippen LogP contribution in [0.3, 0.4) is 0 Å². The summed E-state index contributed by atoms with van der Waals surface area (Å²) in [6, 6.07) is 4.28. The van der Waals surface area contributed by atoms with Crippen molar-refractivity contribution < 1.29 is 19.6 Å². The molecule has 0 bridgehead atoms. The fraction of sp³-hybridized carbons (Fsp3) is 0.588. The predicted octanol–water partition coefficient (Wildman–Crippen LogP) is 1.78. The maximum Gasteiger partial charge on any atom is 0.293 e. The topological polar surface area (TPSA) is 105 Å². The summed E-state index contributed by atoms with van der Waals surface area (Å²) in [4.78, 5) is 25.1. The number of nitro benzene ring substituents is 1. The van der Waals surface area contributed by atoms with Gasteiger partial charge in [0.15, 0.2) is 0 Å². The molecule has 0 aromatic heterocycles. The normalized spacial score (nSPS) is 24.0. The number of nitrogens with one attached hydrogen (secondary N) is 1. The number of carbonyl (C=O) groups is 1. The van der Waals surface area contributed by atoms with Crippen molar-refractivity contribution in [2.24, 2.45) is 0 Å². The van der Waals surface area contributed by atoms with Crippen LogP contribution in [0.25, 0.3) is 0 Å². The molecule has 1 amide bonds. The first-order valence-electron chi connectivity index (χ1n) is 8.66. The molecule has 0 radical (unpaired) electrons. The van der Waals surface area contributed by atoms with E-state index in [1.165, 1.54) is 6.07 Å². The molecular formula is C17H23N3O5. The molecule has 3 rings (SSSR count). The average Bonchev–Trinajstić information content (AvgIpc) is 2.64. The van der Waals surface area contributed by atoms with E-state index in [2.05, 4.69) is 5.32 Å². The largest absolute Gasteiger partial charge is 0.391 e. The van der Waals surface area contributed by atoms with Gasteiger partial charge >= 0.3 is 0 Å². The van der Waals surface area contributed by atoms with E-state index in [1.54, 1.807) is 17.0 Å². The zero-order valence-corrected chi connectivity index (χ0v) is 14.0. The fourth-order valence-electron chi connectivity index (χ4n) is 3.37. The summed E-state index contributed by atoms with van der Waals surface area (Å²) in [5, 5.41) is 24.6. The van der Waals surface area contributed by atoms with Crippen molar-refractivity contribution in [2.45, 2.75) is 37.8 Å². The lowest BCUT2D eigenvalue weighted by Crippen LogP contribution is -2.40. The minimum absolute atomic E-state index is 0.142. The summed E-state index contributed by atoms with van der Waals surface area (Å²) < 4.78 is 5.23. The molecule has 1 aliphatic carbocycles. The van der Waals surface area contributed by atoms with Gasteiger partial charge < -0.3 is 20.1 Å². The first-order chi connectivity index (χ1) is 12.1. The molecular weight excluding hydrogens is 326 g/mol. The van der Waals surface area contributed by atoms with Gasteiger partial charge in [0.05, 0.1) is 30.3 Å². The Morgan fingerprint density at radius 1 is 1.28 bits per heavy atom. The molecule has 2 atom stereocenters. The van der Waals surface area contributed by atoms with Crippen molar-refractivity contribution in [1.29, 1.82) is 0 Å². The number of rotatable bonds is 4. The second-order valence-corrected chi connectivity index (χ2v) is 6.50. The fourth-order valence-corrected chi connectivity index (χ4v) is 3.37. The molecule has 1 aromatic carbocycles. The molecule has 2 fully saturated rings. The third kappa shape index (κ3) is 4.08. The molecule has 8 nitrogen and oxygen atoms in total. The number of anilines is 1. The molecule has 8 heteroatoms. The highest BCUT2D eigenvalue weighted by Gasteiger charge is 2.27. The molecule has 0 spiro atoms. The van der Waals surface area contributed by atoms with E-state index in [0.29, 0.717) is 44.0 Å². The first-order valence-corrected chi connectivity index (χ1v) is 8.66. The number of aliphatic hydroxyl groups excluding tert-OH is 1. The Labute approximate surface area is 145 Å². The Kier molecular flexibility index (Phi) is 5.50. The lowest BCUT2D eigenvalue weighted by Gasteiger charge is -2.29. The van der Waals surface area contributed by atoms with Gasteiger partial charge in [-0.15, -0.1) is 0 Å². The number of hydrogen-bond acceptors (Lipinski definition) is 6. The smallest absolute Gasteiger partial charge is 0.293 e. The number of benzene rings is 1. The summed E-state index contributed by atoms with van der Waals surface area (Å²) >= 11 is 0. The van der Waals surface area contributed by atoms with Crippen molar-refractivity contribution in [1.82, 2.24) is 4.90 Å². The molecule has 1 aliphatic heterocycles. The number of amides is 1. The van der Waals surface area contributed by atoms with Gasteiger partial charge in [0.1, 0.15) is 5.69 Å². The number of ether oxygens (including phenoxy) is 1. The zero-order valence-electron chi connectivity index (χ0n) is 14.0. The van der Waals surface area contributed by atoms with Gasteiger partial charge in [0.25, 0.3) is 11.6 Å². The standard InChI is InChI=1S/C17H23N3O5/c21-16-4-2-1-3-14(16)18-13-6-5-12(11-15(13)20(23)24)17(22)19-7-9-25-10-8-19/h5-6,11,14,16,18,21H,1-4,7-10H2/t14-,16-/m0/s1. The molecule has 1 saturated carbocycles. The van der Waals surface area contributed by atoms with Crippen LogP contribution in [0, 0.1) is 10.1 Å². The maximum absolute atomic E-state index is 12.5. The second kappa shape index (κ2) is 7.79. The van der Waals surface area contributed by atoms with Crippen LogP contribution < -0.4 is 5.32 Å². The van der Waals surface area contributed by atoms with Crippen LogP contribution in [0.4, 0.5) is 11.4 Å². The van der Waals surface area contributed by atoms with Crippen LogP contribution in [-0.4, -0.2) is 59.3 Å². The quantitative estimate of drug-likeness (QED) is 0.634. The van der Waals surface area contributed by atoms with Gasteiger partial charge in [-0.25, -0.2) is 0 Å². The highest BCUT2D eigenvalue weighted by molar-refractivity contribution is 5.95. The van der Waals surface area contributed by atoms with Crippen LogP contribution in [0.15, 0.2) is 18.2 Å². The lowest BCUT2D eigenvalue weighted by atomic mass is 9.92. The molecule has 136 valence electrons.